The Kier molecular flexibility index (Phi) is 5.99. The topological polar surface area (TPSA) is 77.3 Å². The van der Waals surface area contributed by atoms with Crippen molar-refractivity contribution in [3.8, 4) is 11.3 Å². The lowest BCUT2D eigenvalue weighted by Gasteiger charge is -2.13. The summed E-state index contributed by atoms with van der Waals surface area (Å²) < 4.78 is 6.86. The number of benzene rings is 2. The maximum atomic E-state index is 13.0. The molecule has 3 heterocycles. The number of carbonyl (C=O) groups is 2. The fraction of sp³-hybridized carbons (Fsp3) is 0.111. The lowest BCUT2D eigenvalue weighted by Crippen LogP contribution is -2.23. The van der Waals surface area contributed by atoms with Gasteiger partial charge in [0.25, 0.3) is 0 Å². The number of hydrogen-bond donors (Lipinski definition) is 0. The van der Waals surface area contributed by atoms with Crippen molar-refractivity contribution in [3.05, 3.63) is 108 Å². The monoisotopic (exact) mass is 450 g/mol. The van der Waals surface area contributed by atoms with Crippen molar-refractivity contribution in [2.75, 3.05) is 18.1 Å². The van der Waals surface area contributed by atoms with Crippen LogP contribution in [0.3, 0.4) is 0 Å². The van der Waals surface area contributed by atoms with Crippen molar-refractivity contribution >= 4 is 23.6 Å². The van der Waals surface area contributed by atoms with Crippen molar-refractivity contribution in [2.24, 2.45) is 0 Å². The number of anilines is 1. The fourth-order valence-corrected chi connectivity index (χ4v) is 3.85. The van der Waals surface area contributed by atoms with E-state index in [-0.39, 0.29) is 5.78 Å². The number of cyclic esters (lactones) is 1. The number of rotatable bonds is 7. The van der Waals surface area contributed by atoms with Crippen LogP contribution in [-0.4, -0.2) is 39.8 Å². The Hall–Kier alpha value is -4.52. The predicted octanol–water partition coefficient (Wildman–Crippen LogP) is 4.85. The minimum Gasteiger partial charge on any atom is -0.447 e. The van der Waals surface area contributed by atoms with E-state index in [9.17, 15) is 9.59 Å². The fourth-order valence-electron chi connectivity index (χ4n) is 3.85. The van der Waals surface area contributed by atoms with Gasteiger partial charge >= 0.3 is 6.09 Å². The van der Waals surface area contributed by atoms with Gasteiger partial charge in [-0.25, -0.2) is 4.79 Å². The van der Waals surface area contributed by atoms with Gasteiger partial charge in [0.15, 0.2) is 5.78 Å². The van der Waals surface area contributed by atoms with Crippen molar-refractivity contribution < 1.29 is 14.3 Å². The van der Waals surface area contributed by atoms with E-state index in [1.165, 1.54) is 11.0 Å². The number of ether oxygens (including phenoxy) is 1. The van der Waals surface area contributed by atoms with Gasteiger partial charge in [-0.05, 0) is 42.0 Å². The van der Waals surface area contributed by atoms with Gasteiger partial charge in [-0.2, -0.15) is 5.10 Å². The van der Waals surface area contributed by atoms with Crippen LogP contribution in [0.5, 0.6) is 0 Å². The number of nitrogens with zero attached hydrogens (tertiary/aromatic N) is 4. The number of aromatic nitrogens is 3. The van der Waals surface area contributed by atoms with E-state index in [1.807, 2.05) is 53.3 Å². The molecule has 2 aromatic carbocycles. The average Bonchev–Trinajstić information content (AvgIpc) is 3.49. The molecule has 0 N–H and O–H groups in total. The van der Waals surface area contributed by atoms with Crippen molar-refractivity contribution in [1.82, 2.24) is 14.8 Å². The highest BCUT2D eigenvalue weighted by Gasteiger charge is 2.23. The van der Waals surface area contributed by atoms with Crippen LogP contribution < -0.4 is 4.90 Å². The molecule has 0 bridgehead atoms. The van der Waals surface area contributed by atoms with Gasteiger partial charge in [0.2, 0.25) is 0 Å². The molecule has 1 amide bonds. The van der Waals surface area contributed by atoms with E-state index in [1.54, 1.807) is 42.7 Å². The molecule has 4 aromatic rings. The van der Waals surface area contributed by atoms with Gasteiger partial charge in [0.05, 0.1) is 13.1 Å². The molecule has 1 aliphatic heterocycles. The Morgan fingerprint density at radius 3 is 2.71 bits per heavy atom. The summed E-state index contributed by atoms with van der Waals surface area (Å²) >= 11 is 0. The molecule has 0 radical (unpaired) electrons. The largest absolute Gasteiger partial charge is 0.447 e. The molecule has 0 unspecified atom stereocenters. The lowest BCUT2D eigenvalue weighted by atomic mass is 10.1. The summed E-state index contributed by atoms with van der Waals surface area (Å²) in [5, 5.41) is 4.76. The summed E-state index contributed by atoms with van der Waals surface area (Å²) in [4.78, 5) is 30.5. The number of carbonyl (C=O) groups excluding carboxylic acids is 2. The summed E-state index contributed by atoms with van der Waals surface area (Å²) in [6.07, 6.45) is 8.31. The first-order valence-electron chi connectivity index (χ1n) is 11.0. The van der Waals surface area contributed by atoms with Crippen molar-refractivity contribution in [2.45, 2.75) is 6.54 Å². The molecular weight excluding hydrogens is 428 g/mol. The summed E-state index contributed by atoms with van der Waals surface area (Å²) in [5.74, 6) is -0.164. The highest BCUT2D eigenvalue weighted by atomic mass is 16.6. The van der Waals surface area contributed by atoms with Gasteiger partial charge in [-0.1, -0.05) is 42.5 Å². The molecule has 168 valence electrons. The quantitative estimate of drug-likeness (QED) is 0.297. The van der Waals surface area contributed by atoms with Crippen LogP contribution in [-0.2, 0) is 11.3 Å². The van der Waals surface area contributed by atoms with Gasteiger partial charge in [-0.15, -0.1) is 0 Å². The number of allylic oxidation sites excluding steroid dienone is 1. The first-order chi connectivity index (χ1) is 16.7. The Bertz CT molecular complexity index is 1350. The van der Waals surface area contributed by atoms with Crippen LogP contribution in [0.4, 0.5) is 10.5 Å². The second-order valence-corrected chi connectivity index (χ2v) is 7.87. The summed E-state index contributed by atoms with van der Waals surface area (Å²) in [5.41, 5.74) is 4.71. The number of pyridine rings is 1. The molecule has 2 aromatic heterocycles. The van der Waals surface area contributed by atoms with Gasteiger partial charge in [-0.3, -0.25) is 19.4 Å². The SMILES string of the molecule is O=C(/C=C/c1cn(Cc2ccccc2)nc1-c1cccnc1)c1cccc(N2CCOC2=O)c1. The molecule has 0 aliphatic carbocycles. The van der Waals surface area contributed by atoms with Crippen LogP contribution in [0, 0.1) is 0 Å². The highest BCUT2D eigenvalue weighted by molar-refractivity contribution is 6.08. The molecule has 0 spiro atoms. The van der Waals surface area contributed by atoms with Crippen molar-refractivity contribution in [3.63, 3.8) is 0 Å². The summed E-state index contributed by atoms with van der Waals surface area (Å²) in [6.45, 7) is 1.44. The average molecular weight is 450 g/mol. The van der Waals surface area contributed by atoms with Gasteiger partial charge in [0.1, 0.15) is 12.3 Å². The normalized spacial score (nSPS) is 13.4. The van der Waals surface area contributed by atoms with Gasteiger partial charge < -0.3 is 4.74 Å². The van der Waals surface area contributed by atoms with Crippen LogP contribution in [0.15, 0.2) is 91.4 Å². The first kappa shape index (κ1) is 21.3. The zero-order chi connectivity index (χ0) is 23.3. The summed E-state index contributed by atoms with van der Waals surface area (Å²) in [7, 11) is 0. The number of ketones is 1. The Balaban J connectivity index is 1.42. The van der Waals surface area contributed by atoms with E-state index in [0.29, 0.717) is 30.9 Å². The van der Waals surface area contributed by atoms with E-state index < -0.39 is 6.09 Å². The minimum absolute atomic E-state index is 0.164. The maximum absolute atomic E-state index is 13.0. The molecule has 34 heavy (non-hydrogen) atoms. The van der Waals surface area contributed by atoms with E-state index in [4.69, 9.17) is 9.84 Å². The molecule has 5 rings (SSSR count). The number of amides is 1. The predicted molar refractivity (Wildman–Crippen MR) is 130 cm³/mol. The van der Waals surface area contributed by atoms with Crippen LogP contribution in [0.25, 0.3) is 17.3 Å². The Labute approximate surface area is 196 Å². The zero-order valence-electron chi connectivity index (χ0n) is 18.4. The second kappa shape index (κ2) is 9.54. The lowest BCUT2D eigenvalue weighted by molar-refractivity contribution is 0.104. The van der Waals surface area contributed by atoms with Crippen molar-refractivity contribution in [1.29, 1.82) is 0 Å². The van der Waals surface area contributed by atoms with Crippen LogP contribution >= 0.6 is 0 Å². The second-order valence-electron chi connectivity index (χ2n) is 7.87. The van der Waals surface area contributed by atoms with Crippen LogP contribution in [0.2, 0.25) is 0 Å². The zero-order valence-corrected chi connectivity index (χ0v) is 18.4. The molecule has 7 heteroatoms. The summed E-state index contributed by atoms with van der Waals surface area (Å²) in [6, 6.07) is 20.9. The molecule has 1 aliphatic rings. The Morgan fingerprint density at radius 2 is 1.94 bits per heavy atom. The standard InChI is InChI=1S/C27H22N4O3/c32-25(21-8-4-10-24(16-21)31-14-15-34-27(31)33)12-11-23-19-30(18-20-6-2-1-3-7-20)29-26(23)22-9-5-13-28-17-22/h1-13,16-17,19H,14-15,18H2/b12-11+. The molecule has 0 atom stereocenters. The van der Waals surface area contributed by atoms with E-state index >= 15 is 0 Å². The minimum atomic E-state index is -0.396. The Morgan fingerprint density at radius 1 is 1.06 bits per heavy atom. The molecular formula is C27H22N4O3. The van der Waals surface area contributed by atoms with E-state index in [0.717, 1.165) is 22.4 Å². The van der Waals surface area contributed by atoms with Gasteiger partial charge in [0, 0.05) is 41.0 Å². The molecule has 1 fully saturated rings. The molecule has 1 saturated heterocycles. The molecule has 0 saturated carbocycles. The highest BCUT2D eigenvalue weighted by Crippen LogP contribution is 2.24. The first-order valence-corrected chi connectivity index (χ1v) is 11.0. The third-order valence-electron chi connectivity index (χ3n) is 5.53. The smallest absolute Gasteiger partial charge is 0.414 e. The van der Waals surface area contributed by atoms with E-state index in [2.05, 4.69) is 4.98 Å². The van der Waals surface area contributed by atoms with Crippen LogP contribution in [0.1, 0.15) is 21.5 Å². The molecule has 7 nitrogen and oxygen atoms in total. The third-order valence-corrected chi connectivity index (χ3v) is 5.53. The number of hydrogen-bond acceptors (Lipinski definition) is 5. The third kappa shape index (κ3) is 4.63. The maximum Gasteiger partial charge on any atom is 0.414 e.